The van der Waals surface area contributed by atoms with Crippen LogP contribution in [0.15, 0.2) is 65.6 Å². The Labute approximate surface area is 215 Å². The maximum absolute atomic E-state index is 13.3. The molecule has 3 aromatic carbocycles. The van der Waals surface area contributed by atoms with Gasteiger partial charge in [-0.25, -0.2) is 4.98 Å². The highest BCUT2D eigenvalue weighted by Gasteiger charge is 2.48. The molecule has 0 spiro atoms. The summed E-state index contributed by atoms with van der Waals surface area (Å²) in [6.45, 7) is 1.80. The van der Waals surface area contributed by atoms with Crippen LogP contribution < -0.4 is 9.64 Å². The lowest BCUT2D eigenvalue weighted by Gasteiger charge is -2.23. The van der Waals surface area contributed by atoms with E-state index in [2.05, 4.69) is 4.98 Å². The zero-order chi connectivity index (χ0) is 24.9. The number of anilines is 1. The molecular weight excluding hydrogens is 507 g/mol. The number of hydrogen-bond donors (Lipinski definition) is 1. The third kappa shape index (κ3) is 4.05. The molecule has 0 saturated carbocycles. The summed E-state index contributed by atoms with van der Waals surface area (Å²) >= 11 is 13.6. The molecule has 0 radical (unpaired) electrons. The second-order valence-electron chi connectivity index (χ2n) is 8.04. The molecule has 1 amide bonds. The molecule has 0 aliphatic carbocycles. The van der Waals surface area contributed by atoms with Gasteiger partial charge in [-0.2, -0.15) is 0 Å². The predicted molar refractivity (Wildman–Crippen MR) is 139 cm³/mol. The van der Waals surface area contributed by atoms with E-state index in [9.17, 15) is 14.7 Å². The number of Topliss-reactive ketones (excluding diaryl/α,β-unsaturated/α-hetero) is 1. The Morgan fingerprint density at radius 3 is 2.46 bits per heavy atom. The van der Waals surface area contributed by atoms with Gasteiger partial charge in [0.05, 0.1) is 34.5 Å². The van der Waals surface area contributed by atoms with Crippen LogP contribution in [0.2, 0.25) is 10.0 Å². The number of aliphatic hydroxyl groups is 1. The third-order valence-electron chi connectivity index (χ3n) is 5.84. The van der Waals surface area contributed by atoms with Crippen molar-refractivity contribution in [2.24, 2.45) is 0 Å². The minimum absolute atomic E-state index is 0.0471. The maximum atomic E-state index is 13.3. The van der Waals surface area contributed by atoms with E-state index in [1.807, 2.05) is 24.3 Å². The van der Waals surface area contributed by atoms with E-state index in [1.165, 1.54) is 16.2 Å². The van der Waals surface area contributed by atoms with Gasteiger partial charge in [0, 0.05) is 10.9 Å². The average molecular weight is 525 g/mol. The summed E-state index contributed by atoms with van der Waals surface area (Å²) in [6, 6.07) is 14.8. The van der Waals surface area contributed by atoms with Crippen LogP contribution in [0.5, 0.6) is 5.75 Å². The number of aromatic nitrogens is 1. The summed E-state index contributed by atoms with van der Waals surface area (Å²) in [7, 11) is 1.59. The number of ether oxygens (including phenoxy) is 1. The number of ketones is 1. The Balaban J connectivity index is 1.71. The van der Waals surface area contributed by atoms with Gasteiger partial charge >= 0.3 is 5.91 Å². The molecule has 1 aliphatic rings. The smallest absolute Gasteiger partial charge is 0.301 e. The van der Waals surface area contributed by atoms with E-state index in [1.54, 1.807) is 49.7 Å². The molecule has 1 aromatic heterocycles. The number of amides is 1. The monoisotopic (exact) mass is 524 g/mol. The normalized spacial score (nSPS) is 17.4. The summed E-state index contributed by atoms with van der Waals surface area (Å²) in [5, 5.41) is 15.9. The average Bonchev–Trinajstić information content (AvgIpc) is 3.40. The number of carbonyl (C=O) groups excluding carboxylic acids is 2. The van der Waals surface area contributed by atoms with Crippen molar-refractivity contribution in [3.63, 3.8) is 0 Å². The number of aryl methyl sites for hydroxylation is 1. The molecule has 1 saturated heterocycles. The van der Waals surface area contributed by atoms with Crippen molar-refractivity contribution < 1.29 is 19.4 Å². The number of methoxy groups -OCH3 is 1. The van der Waals surface area contributed by atoms with Crippen molar-refractivity contribution in [1.82, 2.24) is 4.98 Å². The first-order valence-corrected chi connectivity index (χ1v) is 12.2. The number of fused-ring (bicyclic) bond motifs is 1. The van der Waals surface area contributed by atoms with Crippen LogP contribution in [-0.2, 0) is 9.59 Å². The Kier molecular flexibility index (Phi) is 6.01. The number of carbonyl (C=O) groups is 2. The third-order valence-corrected chi connectivity index (χ3v) is 7.53. The lowest BCUT2D eigenvalue weighted by atomic mass is 9.94. The van der Waals surface area contributed by atoms with E-state index in [-0.39, 0.29) is 16.4 Å². The van der Waals surface area contributed by atoms with Crippen LogP contribution >= 0.6 is 34.5 Å². The lowest BCUT2D eigenvalue weighted by molar-refractivity contribution is -0.132. The van der Waals surface area contributed by atoms with Gasteiger partial charge in [0.1, 0.15) is 11.5 Å². The van der Waals surface area contributed by atoms with Crippen molar-refractivity contribution in [3.05, 3.63) is 92.4 Å². The largest absolute Gasteiger partial charge is 0.507 e. The van der Waals surface area contributed by atoms with Crippen LogP contribution in [-0.4, -0.2) is 28.9 Å². The molecule has 4 aromatic rings. The van der Waals surface area contributed by atoms with Gasteiger partial charge in [0.25, 0.3) is 5.78 Å². The standard InChI is InChI=1S/C26H18Cl2N2O4S/c1-13-12-35-26(29-13)30-22(16-6-8-19(27)20(28)11-16)21(24(32)25(30)33)23(31)17-4-3-15-10-18(34-2)7-5-14(15)9-17/h3-12,22,31H,1-2H3/b23-21+. The highest BCUT2D eigenvalue weighted by Crippen LogP contribution is 2.44. The fourth-order valence-electron chi connectivity index (χ4n) is 4.13. The number of aliphatic hydroxyl groups excluding tert-OH is 1. The second-order valence-corrected chi connectivity index (χ2v) is 9.69. The van der Waals surface area contributed by atoms with Gasteiger partial charge in [-0.3, -0.25) is 14.5 Å². The predicted octanol–water partition coefficient (Wildman–Crippen LogP) is 6.55. The van der Waals surface area contributed by atoms with Gasteiger partial charge in [0.15, 0.2) is 5.13 Å². The Morgan fingerprint density at radius 1 is 1.03 bits per heavy atom. The second kappa shape index (κ2) is 9.00. The van der Waals surface area contributed by atoms with E-state index in [0.717, 1.165) is 10.8 Å². The summed E-state index contributed by atoms with van der Waals surface area (Å²) in [5.41, 5.74) is 1.60. The summed E-state index contributed by atoms with van der Waals surface area (Å²) in [5.74, 6) is -1.16. The molecule has 0 bridgehead atoms. The molecule has 6 nitrogen and oxygen atoms in total. The van der Waals surface area contributed by atoms with E-state index in [4.69, 9.17) is 27.9 Å². The van der Waals surface area contributed by atoms with Crippen molar-refractivity contribution >= 4 is 67.9 Å². The van der Waals surface area contributed by atoms with Crippen LogP contribution in [0.25, 0.3) is 16.5 Å². The zero-order valence-corrected chi connectivity index (χ0v) is 20.9. The molecular formula is C26H18Cl2N2O4S. The van der Waals surface area contributed by atoms with Gasteiger partial charge in [-0.05, 0) is 53.6 Å². The lowest BCUT2D eigenvalue weighted by Crippen LogP contribution is -2.29. The van der Waals surface area contributed by atoms with Gasteiger partial charge in [0.2, 0.25) is 0 Å². The maximum Gasteiger partial charge on any atom is 0.301 e. The molecule has 35 heavy (non-hydrogen) atoms. The molecule has 2 heterocycles. The Bertz CT molecular complexity index is 1550. The molecule has 1 N–H and O–H groups in total. The van der Waals surface area contributed by atoms with Crippen LogP contribution in [0.4, 0.5) is 5.13 Å². The number of benzene rings is 3. The van der Waals surface area contributed by atoms with Crippen LogP contribution in [0.3, 0.4) is 0 Å². The SMILES string of the molecule is COc1ccc2cc(/C(O)=C3\C(=O)C(=O)N(c4nc(C)cs4)C3c3ccc(Cl)c(Cl)c3)ccc2c1. The number of nitrogens with zero attached hydrogens (tertiary/aromatic N) is 2. The van der Waals surface area contributed by atoms with Gasteiger partial charge in [-0.15, -0.1) is 11.3 Å². The highest BCUT2D eigenvalue weighted by atomic mass is 35.5. The molecule has 176 valence electrons. The number of hydrogen-bond acceptors (Lipinski definition) is 6. The molecule has 1 atom stereocenters. The van der Waals surface area contributed by atoms with Crippen molar-refractivity contribution in [2.45, 2.75) is 13.0 Å². The minimum atomic E-state index is -0.929. The minimum Gasteiger partial charge on any atom is -0.507 e. The van der Waals surface area contributed by atoms with Crippen molar-refractivity contribution in [2.75, 3.05) is 12.0 Å². The molecule has 1 unspecified atom stereocenters. The van der Waals surface area contributed by atoms with Crippen LogP contribution in [0, 0.1) is 6.92 Å². The molecule has 1 fully saturated rings. The van der Waals surface area contributed by atoms with E-state index >= 15 is 0 Å². The van der Waals surface area contributed by atoms with E-state index in [0.29, 0.717) is 32.7 Å². The Hall–Kier alpha value is -3.39. The highest BCUT2D eigenvalue weighted by molar-refractivity contribution is 7.14. The first-order valence-electron chi connectivity index (χ1n) is 10.5. The number of rotatable bonds is 4. The zero-order valence-electron chi connectivity index (χ0n) is 18.6. The fourth-order valence-corrected chi connectivity index (χ4v) is 5.27. The molecule has 5 rings (SSSR count). The topological polar surface area (TPSA) is 79.7 Å². The van der Waals surface area contributed by atoms with Crippen LogP contribution in [0.1, 0.15) is 22.9 Å². The fraction of sp³-hybridized carbons (Fsp3) is 0.115. The summed E-state index contributed by atoms with van der Waals surface area (Å²) in [4.78, 5) is 32.2. The molecule has 9 heteroatoms. The Morgan fingerprint density at radius 2 is 1.77 bits per heavy atom. The molecule has 1 aliphatic heterocycles. The van der Waals surface area contributed by atoms with E-state index < -0.39 is 17.7 Å². The van der Waals surface area contributed by atoms with Gasteiger partial charge < -0.3 is 9.84 Å². The summed E-state index contributed by atoms with van der Waals surface area (Å²) in [6.07, 6.45) is 0. The van der Waals surface area contributed by atoms with Crippen molar-refractivity contribution in [1.29, 1.82) is 0 Å². The summed E-state index contributed by atoms with van der Waals surface area (Å²) < 4.78 is 5.27. The van der Waals surface area contributed by atoms with Gasteiger partial charge in [-0.1, -0.05) is 47.5 Å². The quantitative estimate of drug-likeness (QED) is 0.186. The first kappa shape index (κ1) is 23.4. The number of thiazole rings is 1. The van der Waals surface area contributed by atoms with Crippen molar-refractivity contribution in [3.8, 4) is 5.75 Å². The number of halogens is 2. The first-order chi connectivity index (χ1) is 16.8.